The first-order valence-electron chi connectivity index (χ1n) is 7.84. The Labute approximate surface area is 135 Å². The molecule has 1 aliphatic heterocycles. The fraction of sp³-hybridized carbons (Fsp3) is 0.412. The predicted molar refractivity (Wildman–Crippen MR) is 88.2 cm³/mol. The summed E-state index contributed by atoms with van der Waals surface area (Å²) in [6.07, 6.45) is 2.09. The fourth-order valence-electron chi connectivity index (χ4n) is 3.00. The lowest BCUT2D eigenvalue weighted by Crippen LogP contribution is -2.50. The van der Waals surface area contributed by atoms with Crippen molar-refractivity contribution >= 4 is 28.5 Å². The lowest BCUT2D eigenvalue weighted by Gasteiger charge is -2.32. The third-order valence-corrected chi connectivity index (χ3v) is 4.29. The number of aryl methyl sites for hydroxylation is 1. The molecule has 1 amide bonds. The maximum atomic E-state index is 12.3. The number of carbonyl (C=O) groups excluding carboxylic acids is 2. The van der Waals surface area contributed by atoms with Gasteiger partial charge in [0, 0.05) is 36.4 Å². The molecule has 6 heteroatoms. The van der Waals surface area contributed by atoms with Crippen molar-refractivity contribution in [3.8, 4) is 0 Å². The molecule has 0 bridgehead atoms. The van der Waals surface area contributed by atoms with E-state index in [1.807, 2.05) is 53.9 Å². The molecule has 0 aliphatic carbocycles. The van der Waals surface area contributed by atoms with Crippen LogP contribution in [0.5, 0.6) is 0 Å². The molecule has 1 aromatic heterocycles. The largest absolute Gasteiger partial charge is 0.463 e. The normalized spacial score (nSPS) is 18.9. The second-order valence-electron chi connectivity index (χ2n) is 5.76. The maximum absolute atomic E-state index is 12.3. The molecule has 0 radical (unpaired) electrons. The van der Waals surface area contributed by atoms with Gasteiger partial charge in [0.2, 0.25) is 5.91 Å². The number of hydrogen-bond acceptors (Lipinski definition) is 4. The van der Waals surface area contributed by atoms with Crippen LogP contribution in [0, 0.1) is 0 Å². The van der Waals surface area contributed by atoms with Gasteiger partial charge in [-0.15, -0.1) is 0 Å². The first-order chi connectivity index (χ1) is 11.1. The molecule has 1 atom stereocenters. The highest BCUT2D eigenvalue weighted by Crippen LogP contribution is 2.20. The van der Waals surface area contributed by atoms with Crippen LogP contribution >= 0.6 is 0 Å². The Hall–Kier alpha value is -2.34. The van der Waals surface area contributed by atoms with Crippen LogP contribution < -0.4 is 5.32 Å². The van der Waals surface area contributed by atoms with Gasteiger partial charge in [-0.1, -0.05) is 6.92 Å². The molecule has 2 aromatic rings. The average molecular weight is 315 g/mol. The van der Waals surface area contributed by atoms with Gasteiger partial charge in [-0.2, -0.15) is 0 Å². The third kappa shape index (κ3) is 3.22. The van der Waals surface area contributed by atoms with Gasteiger partial charge >= 0.3 is 5.97 Å². The van der Waals surface area contributed by atoms with E-state index in [0.717, 1.165) is 23.1 Å². The zero-order valence-corrected chi connectivity index (χ0v) is 13.4. The van der Waals surface area contributed by atoms with Crippen LogP contribution in [-0.2, 0) is 21.4 Å². The number of hydrogen-bond donors (Lipinski definition) is 1. The number of cyclic esters (lactones) is 1. The van der Waals surface area contributed by atoms with E-state index in [9.17, 15) is 9.59 Å². The van der Waals surface area contributed by atoms with Crippen molar-refractivity contribution in [1.82, 2.24) is 9.47 Å². The van der Waals surface area contributed by atoms with Crippen LogP contribution in [0.2, 0.25) is 0 Å². The molecular formula is C17H21N3O3. The van der Waals surface area contributed by atoms with Crippen molar-refractivity contribution in [2.45, 2.75) is 19.4 Å². The number of fused-ring (bicyclic) bond motifs is 1. The van der Waals surface area contributed by atoms with Gasteiger partial charge in [0.25, 0.3) is 0 Å². The van der Waals surface area contributed by atoms with Crippen molar-refractivity contribution < 1.29 is 14.3 Å². The zero-order valence-electron chi connectivity index (χ0n) is 13.4. The van der Waals surface area contributed by atoms with E-state index in [-0.39, 0.29) is 18.3 Å². The number of benzene rings is 1. The number of aromatic nitrogens is 1. The minimum absolute atomic E-state index is 0.111. The lowest BCUT2D eigenvalue weighted by molar-refractivity contribution is -0.158. The van der Waals surface area contributed by atoms with Gasteiger partial charge in [0.1, 0.15) is 12.6 Å². The molecule has 23 heavy (non-hydrogen) atoms. The van der Waals surface area contributed by atoms with E-state index >= 15 is 0 Å². The Morgan fingerprint density at radius 3 is 3.00 bits per heavy atom. The SMILES string of the molecule is CCN1CCOC(=O)C1CC(=O)Nc1ccc2c(ccn2C)c1. The summed E-state index contributed by atoms with van der Waals surface area (Å²) in [5.74, 6) is -0.491. The number of morpholine rings is 1. The first kappa shape index (κ1) is 15.6. The number of anilines is 1. The van der Waals surface area contributed by atoms with Gasteiger partial charge in [-0.05, 0) is 30.8 Å². The van der Waals surface area contributed by atoms with E-state index in [2.05, 4.69) is 5.32 Å². The minimum atomic E-state index is -0.491. The molecule has 3 rings (SSSR count). The number of carbonyl (C=O) groups is 2. The van der Waals surface area contributed by atoms with E-state index in [0.29, 0.717) is 13.2 Å². The molecule has 2 heterocycles. The van der Waals surface area contributed by atoms with Crippen molar-refractivity contribution in [1.29, 1.82) is 0 Å². The summed E-state index contributed by atoms with van der Waals surface area (Å²) in [4.78, 5) is 26.1. The smallest absolute Gasteiger partial charge is 0.323 e. The van der Waals surface area contributed by atoms with Crippen molar-refractivity contribution in [3.05, 3.63) is 30.5 Å². The summed E-state index contributed by atoms with van der Waals surface area (Å²) in [5.41, 5.74) is 1.84. The number of esters is 1. The topological polar surface area (TPSA) is 63.6 Å². The average Bonchev–Trinajstić information content (AvgIpc) is 2.90. The highest BCUT2D eigenvalue weighted by atomic mass is 16.5. The van der Waals surface area contributed by atoms with Crippen molar-refractivity contribution in [2.24, 2.45) is 7.05 Å². The second-order valence-corrected chi connectivity index (χ2v) is 5.76. The van der Waals surface area contributed by atoms with Crippen molar-refractivity contribution in [3.63, 3.8) is 0 Å². The number of amides is 1. The zero-order chi connectivity index (χ0) is 16.4. The summed E-state index contributed by atoms with van der Waals surface area (Å²) >= 11 is 0. The van der Waals surface area contributed by atoms with Crippen LogP contribution in [0.3, 0.4) is 0 Å². The number of nitrogens with one attached hydrogen (secondary N) is 1. The summed E-state index contributed by atoms with van der Waals surface area (Å²) < 4.78 is 7.10. The molecule has 1 N–H and O–H groups in total. The fourth-order valence-corrected chi connectivity index (χ4v) is 3.00. The molecule has 1 saturated heterocycles. The lowest BCUT2D eigenvalue weighted by atomic mass is 10.1. The quantitative estimate of drug-likeness (QED) is 0.873. The molecule has 0 saturated carbocycles. The Bertz CT molecular complexity index is 738. The monoisotopic (exact) mass is 315 g/mol. The van der Waals surface area contributed by atoms with E-state index in [1.165, 1.54) is 0 Å². The van der Waals surface area contributed by atoms with Crippen LogP contribution in [0.1, 0.15) is 13.3 Å². The Morgan fingerprint density at radius 2 is 2.22 bits per heavy atom. The summed E-state index contributed by atoms with van der Waals surface area (Å²) in [6.45, 7) is 3.78. The van der Waals surface area contributed by atoms with Gasteiger partial charge < -0.3 is 14.6 Å². The molecular weight excluding hydrogens is 294 g/mol. The van der Waals surface area contributed by atoms with Gasteiger partial charge in [0.15, 0.2) is 0 Å². The van der Waals surface area contributed by atoms with Gasteiger partial charge in [-0.25, -0.2) is 0 Å². The highest BCUT2D eigenvalue weighted by molar-refractivity contribution is 5.96. The van der Waals surface area contributed by atoms with Gasteiger partial charge in [-0.3, -0.25) is 14.5 Å². The molecule has 6 nitrogen and oxygen atoms in total. The molecule has 1 aromatic carbocycles. The molecule has 1 unspecified atom stereocenters. The maximum Gasteiger partial charge on any atom is 0.323 e. The molecule has 1 aliphatic rings. The van der Waals surface area contributed by atoms with Crippen LogP contribution in [0.25, 0.3) is 10.9 Å². The molecule has 122 valence electrons. The Balaban J connectivity index is 1.68. The minimum Gasteiger partial charge on any atom is -0.463 e. The van der Waals surface area contributed by atoms with Crippen LogP contribution in [-0.4, -0.2) is 47.1 Å². The first-order valence-corrected chi connectivity index (χ1v) is 7.84. The Kier molecular flexibility index (Phi) is 4.34. The molecule has 0 spiro atoms. The summed E-state index contributed by atoms with van der Waals surface area (Å²) in [5, 5.41) is 3.94. The van der Waals surface area contributed by atoms with Crippen LogP contribution in [0.4, 0.5) is 5.69 Å². The number of rotatable bonds is 4. The van der Waals surface area contributed by atoms with E-state index in [4.69, 9.17) is 4.74 Å². The molecule has 1 fully saturated rings. The standard InChI is InChI=1S/C17H21N3O3/c1-3-20-8-9-23-17(22)15(20)11-16(21)18-13-4-5-14-12(10-13)6-7-19(14)2/h4-7,10,15H,3,8-9,11H2,1-2H3,(H,18,21). The van der Waals surface area contributed by atoms with Gasteiger partial charge in [0.05, 0.1) is 6.42 Å². The number of nitrogens with zero attached hydrogens (tertiary/aromatic N) is 2. The summed E-state index contributed by atoms with van der Waals surface area (Å²) in [6, 6.07) is 7.29. The Morgan fingerprint density at radius 1 is 1.39 bits per heavy atom. The number of likely N-dealkylation sites (N-methyl/N-ethyl adjacent to an activating group) is 1. The third-order valence-electron chi connectivity index (χ3n) is 4.29. The van der Waals surface area contributed by atoms with E-state index < -0.39 is 6.04 Å². The number of ether oxygens (including phenoxy) is 1. The summed E-state index contributed by atoms with van der Waals surface area (Å²) in [7, 11) is 1.98. The second kappa shape index (κ2) is 6.42. The van der Waals surface area contributed by atoms with Crippen molar-refractivity contribution in [2.75, 3.05) is 25.0 Å². The van der Waals surface area contributed by atoms with E-state index in [1.54, 1.807) is 0 Å². The van der Waals surface area contributed by atoms with Crippen LogP contribution in [0.15, 0.2) is 30.5 Å². The highest BCUT2D eigenvalue weighted by Gasteiger charge is 2.32. The predicted octanol–water partition coefficient (Wildman–Crippen LogP) is 1.75.